The SMILES string of the molecule is CC[C@@H]1O[C@@]2(C)O[C@]1(CC)C[C@H]2C. The van der Waals surface area contributed by atoms with Gasteiger partial charge in [-0.3, -0.25) is 0 Å². The molecule has 2 fully saturated rings. The van der Waals surface area contributed by atoms with E-state index in [1.807, 2.05) is 0 Å². The molecular formula is C11H20O2. The van der Waals surface area contributed by atoms with E-state index in [0.29, 0.717) is 12.0 Å². The first kappa shape index (κ1) is 9.47. The second-order valence-electron chi connectivity index (χ2n) is 4.66. The number of ether oxygens (including phenoxy) is 2. The van der Waals surface area contributed by atoms with Gasteiger partial charge in [-0.1, -0.05) is 20.8 Å². The molecule has 2 heterocycles. The Balaban J connectivity index is 2.26. The van der Waals surface area contributed by atoms with Gasteiger partial charge >= 0.3 is 0 Å². The van der Waals surface area contributed by atoms with Crippen LogP contribution in [0, 0.1) is 5.92 Å². The summed E-state index contributed by atoms with van der Waals surface area (Å²) in [5, 5.41) is 0. The van der Waals surface area contributed by atoms with E-state index < -0.39 is 0 Å². The average Bonchev–Trinajstić information content (AvgIpc) is 2.53. The molecule has 0 N–H and O–H groups in total. The summed E-state index contributed by atoms with van der Waals surface area (Å²) >= 11 is 0. The molecule has 0 unspecified atom stereocenters. The molecule has 0 spiro atoms. The summed E-state index contributed by atoms with van der Waals surface area (Å²) in [5.74, 6) is 0.242. The van der Waals surface area contributed by atoms with E-state index in [2.05, 4.69) is 27.7 Å². The van der Waals surface area contributed by atoms with Crippen molar-refractivity contribution in [3.05, 3.63) is 0 Å². The first-order chi connectivity index (χ1) is 6.06. The Labute approximate surface area is 80.6 Å². The highest BCUT2D eigenvalue weighted by molar-refractivity contribution is 5.05. The molecule has 0 aromatic heterocycles. The minimum atomic E-state index is -0.295. The molecule has 2 saturated heterocycles. The van der Waals surface area contributed by atoms with Crippen molar-refractivity contribution in [2.75, 3.05) is 0 Å². The predicted molar refractivity (Wildman–Crippen MR) is 51.5 cm³/mol. The Kier molecular flexibility index (Phi) is 1.97. The molecule has 2 heteroatoms. The van der Waals surface area contributed by atoms with Crippen LogP contribution in [0.25, 0.3) is 0 Å². The van der Waals surface area contributed by atoms with Crippen LogP contribution in [-0.2, 0) is 9.47 Å². The smallest absolute Gasteiger partial charge is 0.169 e. The number of hydrogen-bond acceptors (Lipinski definition) is 2. The molecule has 2 bridgehead atoms. The number of hydrogen-bond donors (Lipinski definition) is 0. The molecule has 0 aromatic carbocycles. The van der Waals surface area contributed by atoms with E-state index >= 15 is 0 Å². The van der Waals surface area contributed by atoms with Crippen molar-refractivity contribution in [3.8, 4) is 0 Å². The highest BCUT2D eigenvalue weighted by Crippen LogP contribution is 2.54. The molecule has 0 amide bonds. The number of fused-ring (bicyclic) bond motifs is 2. The standard InChI is InChI=1S/C11H20O2/c1-5-9-11(6-2)7-8(3)10(4,12-9)13-11/h8-9H,5-7H2,1-4H3/t8-,9+,10+,11-/m1/s1. The lowest BCUT2D eigenvalue weighted by Crippen LogP contribution is -2.41. The van der Waals surface area contributed by atoms with Crippen molar-refractivity contribution in [1.29, 1.82) is 0 Å². The summed E-state index contributed by atoms with van der Waals surface area (Å²) < 4.78 is 12.1. The Hall–Kier alpha value is -0.0800. The molecule has 2 rings (SSSR count). The van der Waals surface area contributed by atoms with Gasteiger partial charge in [0, 0.05) is 5.92 Å². The molecular weight excluding hydrogens is 164 g/mol. The summed E-state index contributed by atoms with van der Waals surface area (Å²) in [5.41, 5.74) is 0.0307. The molecule has 2 aliphatic rings. The van der Waals surface area contributed by atoms with Gasteiger partial charge in [0.2, 0.25) is 0 Å². The molecule has 4 atom stereocenters. The van der Waals surface area contributed by atoms with Crippen LogP contribution >= 0.6 is 0 Å². The quantitative estimate of drug-likeness (QED) is 0.657. The van der Waals surface area contributed by atoms with Crippen LogP contribution in [0.3, 0.4) is 0 Å². The van der Waals surface area contributed by atoms with Gasteiger partial charge in [0.05, 0.1) is 11.7 Å². The summed E-state index contributed by atoms with van der Waals surface area (Å²) in [4.78, 5) is 0. The van der Waals surface area contributed by atoms with Crippen LogP contribution < -0.4 is 0 Å². The van der Waals surface area contributed by atoms with Gasteiger partial charge in [0.1, 0.15) is 0 Å². The van der Waals surface area contributed by atoms with E-state index in [-0.39, 0.29) is 11.4 Å². The lowest BCUT2D eigenvalue weighted by molar-refractivity contribution is -0.171. The van der Waals surface area contributed by atoms with Crippen LogP contribution in [0.5, 0.6) is 0 Å². The van der Waals surface area contributed by atoms with Gasteiger partial charge < -0.3 is 9.47 Å². The molecule has 2 aliphatic heterocycles. The number of rotatable bonds is 2. The van der Waals surface area contributed by atoms with Crippen molar-refractivity contribution in [1.82, 2.24) is 0 Å². The first-order valence-corrected chi connectivity index (χ1v) is 5.44. The van der Waals surface area contributed by atoms with Crippen molar-refractivity contribution in [2.45, 2.75) is 64.4 Å². The molecule has 0 saturated carbocycles. The fourth-order valence-electron chi connectivity index (χ4n) is 2.88. The highest BCUT2D eigenvalue weighted by atomic mass is 16.8. The molecule has 0 aromatic rings. The second-order valence-corrected chi connectivity index (χ2v) is 4.66. The summed E-state index contributed by atoms with van der Waals surface area (Å²) in [7, 11) is 0. The van der Waals surface area contributed by atoms with Gasteiger partial charge in [0.25, 0.3) is 0 Å². The zero-order chi connectivity index (χ0) is 9.69. The maximum absolute atomic E-state index is 6.09. The zero-order valence-corrected chi connectivity index (χ0v) is 9.09. The van der Waals surface area contributed by atoms with Crippen molar-refractivity contribution in [3.63, 3.8) is 0 Å². The summed E-state index contributed by atoms with van der Waals surface area (Å²) in [6.45, 7) is 8.70. The van der Waals surface area contributed by atoms with E-state index in [9.17, 15) is 0 Å². The fraction of sp³-hybridized carbons (Fsp3) is 1.00. The van der Waals surface area contributed by atoms with Crippen LogP contribution in [-0.4, -0.2) is 17.5 Å². The third kappa shape index (κ3) is 1.08. The Morgan fingerprint density at radius 1 is 1.38 bits per heavy atom. The molecule has 0 aliphatic carbocycles. The van der Waals surface area contributed by atoms with Crippen LogP contribution in [0.15, 0.2) is 0 Å². The Morgan fingerprint density at radius 3 is 2.54 bits per heavy atom. The first-order valence-electron chi connectivity index (χ1n) is 5.44. The van der Waals surface area contributed by atoms with Gasteiger partial charge in [0.15, 0.2) is 5.79 Å². The van der Waals surface area contributed by atoms with Crippen molar-refractivity contribution >= 4 is 0 Å². The van der Waals surface area contributed by atoms with Crippen molar-refractivity contribution < 1.29 is 9.47 Å². The lowest BCUT2D eigenvalue weighted by Gasteiger charge is -2.33. The molecule has 2 nitrogen and oxygen atoms in total. The predicted octanol–water partition coefficient (Wildman–Crippen LogP) is 2.72. The largest absolute Gasteiger partial charge is 0.344 e. The fourth-order valence-corrected chi connectivity index (χ4v) is 2.88. The van der Waals surface area contributed by atoms with E-state index in [1.54, 1.807) is 0 Å². The van der Waals surface area contributed by atoms with Crippen molar-refractivity contribution in [2.24, 2.45) is 5.92 Å². The summed E-state index contributed by atoms with van der Waals surface area (Å²) in [6, 6.07) is 0. The van der Waals surface area contributed by atoms with E-state index in [4.69, 9.17) is 9.47 Å². The second kappa shape index (κ2) is 2.71. The maximum Gasteiger partial charge on any atom is 0.169 e. The monoisotopic (exact) mass is 184 g/mol. The third-order valence-corrected chi connectivity index (χ3v) is 3.89. The topological polar surface area (TPSA) is 18.5 Å². The molecule has 76 valence electrons. The van der Waals surface area contributed by atoms with Crippen LogP contribution in [0.1, 0.15) is 47.0 Å². The van der Waals surface area contributed by atoms with Gasteiger partial charge in [-0.2, -0.15) is 0 Å². The molecule has 13 heavy (non-hydrogen) atoms. The van der Waals surface area contributed by atoms with Gasteiger partial charge in [-0.05, 0) is 26.2 Å². The lowest BCUT2D eigenvalue weighted by atomic mass is 9.82. The average molecular weight is 184 g/mol. The third-order valence-electron chi connectivity index (χ3n) is 3.89. The van der Waals surface area contributed by atoms with E-state index in [1.165, 1.54) is 6.42 Å². The zero-order valence-electron chi connectivity index (χ0n) is 9.09. The van der Waals surface area contributed by atoms with Gasteiger partial charge in [-0.25, -0.2) is 0 Å². The van der Waals surface area contributed by atoms with E-state index in [0.717, 1.165) is 12.8 Å². The Bertz CT molecular complexity index is 216. The highest BCUT2D eigenvalue weighted by Gasteiger charge is 2.62. The van der Waals surface area contributed by atoms with Gasteiger partial charge in [-0.15, -0.1) is 0 Å². The minimum Gasteiger partial charge on any atom is -0.344 e. The maximum atomic E-state index is 6.09. The van der Waals surface area contributed by atoms with Crippen LogP contribution in [0.4, 0.5) is 0 Å². The Morgan fingerprint density at radius 2 is 2.08 bits per heavy atom. The minimum absolute atomic E-state index is 0.0307. The normalized spacial score (nSPS) is 54.5. The van der Waals surface area contributed by atoms with Crippen LogP contribution in [0.2, 0.25) is 0 Å². The summed E-state index contributed by atoms with van der Waals surface area (Å²) in [6.07, 6.45) is 3.62. The molecule has 0 radical (unpaired) electrons.